The largest absolute Gasteiger partial charge is 0.445 e. The Morgan fingerprint density at radius 2 is 2.29 bits per heavy atom. The Balaban J connectivity index is 2.59. The smallest absolute Gasteiger partial charge is 0.351 e. The van der Waals surface area contributed by atoms with Gasteiger partial charge in [-0.25, -0.2) is 0 Å². The van der Waals surface area contributed by atoms with Crippen LogP contribution in [0, 0.1) is 10.8 Å². The number of nitroso groups, excluding NO2 is 1. The number of hydrogen-bond acceptors (Lipinski definition) is 4. The van der Waals surface area contributed by atoms with Crippen molar-refractivity contribution in [2.24, 2.45) is 11.1 Å². The molecule has 5 heteroatoms. The molecular formula is C9H11NO3S. The molecule has 0 saturated carbocycles. The van der Waals surface area contributed by atoms with Gasteiger partial charge in [-0.05, 0) is 18.1 Å². The number of furan rings is 1. The molecule has 4 nitrogen and oxygen atoms in total. The zero-order valence-corrected chi connectivity index (χ0v) is 8.84. The van der Waals surface area contributed by atoms with Crippen molar-refractivity contribution in [3.8, 4) is 0 Å². The molecule has 1 aromatic heterocycles. The first-order chi connectivity index (χ1) is 6.63. The Hall–Kier alpha value is -1.10. The minimum atomic E-state index is -0.860. The number of carbonyl (C=O) groups is 1. The van der Waals surface area contributed by atoms with Crippen molar-refractivity contribution in [1.29, 1.82) is 0 Å². The summed E-state index contributed by atoms with van der Waals surface area (Å²) in [7, 11) is 0. The summed E-state index contributed by atoms with van der Waals surface area (Å²) in [5.41, 5.74) is 0. The first-order valence-electron chi connectivity index (χ1n) is 4.23. The molecule has 0 aliphatic carbocycles. The lowest BCUT2D eigenvalue weighted by Crippen LogP contribution is -1.90. The lowest BCUT2D eigenvalue weighted by Gasteiger charge is -2.00. The summed E-state index contributed by atoms with van der Waals surface area (Å²) in [4.78, 5) is 20.7. The number of rotatable bonds is 4. The van der Waals surface area contributed by atoms with E-state index in [1.807, 2.05) is 0 Å². The fourth-order valence-electron chi connectivity index (χ4n) is 0.806. The van der Waals surface area contributed by atoms with Gasteiger partial charge in [0, 0.05) is 10.9 Å². The van der Waals surface area contributed by atoms with Gasteiger partial charge in [0.25, 0.3) is 0 Å². The van der Waals surface area contributed by atoms with Gasteiger partial charge >= 0.3 is 5.91 Å². The molecule has 0 saturated heterocycles. The molecule has 0 spiro atoms. The third-order valence-corrected chi connectivity index (χ3v) is 2.77. The zero-order chi connectivity index (χ0) is 10.6. The van der Waals surface area contributed by atoms with Gasteiger partial charge in [-0.1, -0.05) is 25.6 Å². The van der Waals surface area contributed by atoms with Crippen molar-refractivity contribution in [1.82, 2.24) is 0 Å². The monoisotopic (exact) mass is 213 g/mol. The second-order valence-electron chi connectivity index (χ2n) is 3.22. The summed E-state index contributed by atoms with van der Waals surface area (Å²) in [5, 5.41) is 2.92. The van der Waals surface area contributed by atoms with Crippen molar-refractivity contribution in [2.75, 3.05) is 5.75 Å². The average Bonchev–Trinajstić information content (AvgIpc) is 2.62. The maximum absolute atomic E-state index is 10.8. The summed E-state index contributed by atoms with van der Waals surface area (Å²) in [6.45, 7) is 4.18. The highest BCUT2D eigenvalue weighted by molar-refractivity contribution is 7.99. The molecular weight excluding hydrogens is 202 g/mol. The second kappa shape index (κ2) is 4.95. The number of nitrogens with zero attached hydrogens (tertiary/aromatic N) is 1. The Morgan fingerprint density at radius 3 is 2.86 bits per heavy atom. The lowest BCUT2D eigenvalue weighted by atomic mass is 10.3. The van der Waals surface area contributed by atoms with Gasteiger partial charge in [-0.2, -0.15) is 0 Å². The van der Waals surface area contributed by atoms with Crippen LogP contribution in [0.4, 0.5) is 0 Å². The van der Waals surface area contributed by atoms with Crippen molar-refractivity contribution in [2.45, 2.75) is 18.9 Å². The van der Waals surface area contributed by atoms with Gasteiger partial charge in [-0.15, -0.1) is 4.91 Å². The SMILES string of the molecule is CC(C)CSc1ccc(C(=O)N=O)o1. The Kier molecular flexibility index (Phi) is 3.88. The van der Waals surface area contributed by atoms with Crippen LogP contribution in [0.2, 0.25) is 0 Å². The van der Waals surface area contributed by atoms with Crippen LogP contribution < -0.4 is 0 Å². The van der Waals surface area contributed by atoms with E-state index in [4.69, 9.17) is 4.42 Å². The van der Waals surface area contributed by atoms with Crippen molar-refractivity contribution in [3.05, 3.63) is 22.8 Å². The highest BCUT2D eigenvalue weighted by Crippen LogP contribution is 2.23. The number of amides is 1. The normalized spacial score (nSPS) is 10.5. The molecule has 1 amide bonds. The highest BCUT2D eigenvalue weighted by Gasteiger charge is 2.11. The highest BCUT2D eigenvalue weighted by atomic mass is 32.2. The fourth-order valence-corrected chi connectivity index (χ4v) is 1.62. The van der Waals surface area contributed by atoms with Crippen LogP contribution in [-0.4, -0.2) is 11.7 Å². The summed E-state index contributed by atoms with van der Waals surface area (Å²) >= 11 is 1.51. The first kappa shape index (κ1) is 11.0. The molecule has 0 aliphatic heterocycles. The third kappa shape index (κ3) is 2.99. The van der Waals surface area contributed by atoms with Crippen LogP contribution in [0.15, 0.2) is 26.8 Å². The molecule has 0 atom stereocenters. The van der Waals surface area contributed by atoms with E-state index in [0.717, 1.165) is 5.75 Å². The molecule has 1 rings (SSSR count). The van der Waals surface area contributed by atoms with Crippen LogP contribution in [0.5, 0.6) is 0 Å². The van der Waals surface area contributed by atoms with Gasteiger partial charge in [0.15, 0.2) is 10.9 Å². The summed E-state index contributed by atoms with van der Waals surface area (Å²) in [6.07, 6.45) is 0. The van der Waals surface area contributed by atoms with Crippen molar-refractivity contribution < 1.29 is 9.21 Å². The topological polar surface area (TPSA) is 59.6 Å². The summed E-state index contributed by atoms with van der Waals surface area (Å²) < 4.78 is 5.11. The first-order valence-corrected chi connectivity index (χ1v) is 5.22. The van der Waals surface area contributed by atoms with Crippen LogP contribution in [-0.2, 0) is 0 Å². The number of hydrogen-bond donors (Lipinski definition) is 0. The van der Waals surface area contributed by atoms with Crippen LogP contribution in [0.1, 0.15) is 24.4 Å². The Labute approximate surface area is 86.0 Å². The lowest BCUT2D eigenvalue weighted by molar-refractivity contribution is 0.0969. The third-order valence-electron chi connectivity index (χ3n) is 1.43. The van der Waals surface area contributed by atoms with E-state index in [9.17, 15) is 9.70 Å². The Bertz CT molecular complexity index is 333. The van der Waals surface area contributed by atoms with E-state index >= 15 is 0 Å². The van der Waals surface area contributed by atoms with E-state index in [1.165, 1.54) is 17.8 Å². The number of carbonyl (C=O) groups excluding carboxylic acids is 1. The van der Waals surface area contributed by atoms with Gasteiger partial charge < -0.3 is 4.42 Å². The predicted molar refractivity (Wildman–Crippen MR) is 54.4 cm³/mol. The van der Waals surface area contributed by atoms with Crippen LogP contribution in [0.3, 0.4) is 0 Å². The maximum atomic E-state index is 10.8. The maximum Gasteiger partial charge on any atom is 0.351 e. The molecule has 0 unspecified atom stereocenters. The van der Waals surface area contributed by atoms with Gasteiger partial charge in [0.1, 0.15) is 0 Å². The number of thioether (sulfide) groups is 1. The van der Waals surface area contributed by atoms with Crippen LogP contribution >= 0.6 is 11.8 Å². The quantitative estimate of drug-likeness (QED) is 0.570. The molecule has 0 fully saturated rings. The molecule has 0 aromatic carbocycles. The van der Waals surface area contributed by atoms with E-state index in [2.05, 4.69) is 19.0 Å². The fraction of sp³-hybridized carbons (Fsp3) is 0.444. The molecule has 1 aromatic rings. The molecule has 1 heterocycles. The average molecular weight is 213 g/mol. The van der Waals surface area contributed by atoms with Crippen molar-refractivity contribution >= 4 is 17.7 Å². The molecule has 0 radical (unpaired) electrons. The zero-order valence-electron chi connectivity index (χ0n) is 8.02. The second-order valence-corrected chi connectivity index (χ2v) is 4.24. The standard InChI is InChI=1S/C9H11NO3S/c1-6(2)5-14-8-4-3-7(13-8)9(11)10-12/h3-4,6H,5H2,1-2H3. The molecule has 76 valence electrons. The van der Waals surface area contributed by atoms with E-state index in [1.54, 1.807) is 6.07 Å². The molecule has 0 aliphatic rings. The molecule has 14 heavy (non-hydrogen) atoms. The van der Waals surface area contributed by atoms with E-state index < -0.39 is 5.91 Å². The van der Waals surface area contributed by atoms with Gasteiger partial charge in [0.2, 0.25) is 0 Å². The molecule has 0 N–H and O–H groups in total. The van der Waals surface area contributed by atoms with Gasteiger partial charge in [0.05, 0.1) is 0 Å². The van der Waals surface area contributed by atoms with Crippen molar-refractivity contribution in [3.63, 3.8) is 0 Å². The van der Waals surface area contributed by atoms with Crippen LogP contribution in [0.25, 0.3) is 0 Å². The summed E-state index contributed by atoms with van der Waals surface area (Å²) in [5.74, 6) is 0.608. The predicted octanol–water partition coefficient (Wildman–Crippen LogP) is 2.93. The Morgan fingerprint density at radius 1 is 1.57 bits per heavy atom. The van der Waals surface area contributed by atoms with E-state index in [0.29, 0.717) is 11.0 Å². The minimum absolute atomic E-state index is 0.00579. The van der Waals surface area contributed by atoms with E-state index in [-0.39, 0.29) is 5.76 Å². The minimum Gasteiger partial charge on any atom is -0.445 e. The summed E-state index contributed by atoms with van der Waals surface area (Å²) in [6, 6.07) is 3.14. The molecule has 0 bridgehead atoms. The van der Waals surface area contributed by atoms with Gasteiger partial charge in [-0.3, -0.25) is 4.79 Å².